The van der Waals surface area contributed by atoms with E-state index >= 15 is 0 Å². The first-order valence-corrected chi connectivity index (χ1v) is 17.1. The molecule has 9 heteroatoms. The maximum Gasteiger partial charge on any atom is 0.328 e. The van der Waals surface area contributed by atoms with Crippen molar-refractivity contribution in [3.05, 3.63) is 77.6 Å². The second kappa shape index (κ2) is 16.7. The Labute approximate surface area is 277 Å². The van der Waals surface area contributed by atoms with E-state index in [1.807, 2.05) is 13.0 Å². The zero-order chi connectivity index (χ0) is 33.1. The second-order valence-electron chi connectivity index (χ2n) is 12.8. The van der Waals surface area contributed by atoms with E-state index in [2.05, 4.69) is 23.5 Å². The highest BCUT2D eigenvalue weighted by Gasteiger charge is 2.67. The molecule has 4 bridgehead atoms. The van der Waals surface area contributed by atoms with Crippen LogP contribution in [0.3, 0.4) is 0 Å². The van der Waals surface area contributed by atoms with Gasteiger partial charge >= 0.3 is 5.97 Å². The summed E-state index contributed by atoms with van der Waals surface area (Å²) in [6.07, 6.45) is 18.5. The third-order valence-corrected chi connectivity index (χ3v) is 9.19. The smallest absolute Gasteiger partial charge is 0.328 e. The lowest BCUT2D eigenvalue weighted by atomic mass is 10.0. The molecule has 0 unspecified atom stereocenters. The molecule has 0 aromatic heterocycles. The van der Waals surface area contributed by atoms with Gasteiger partial charge in [-0.1, -0.05) is 44.1 Å². The Bertz CT molecular complexity index is 1440. The van der Waals surface area contributed by atoms with Gasteiger partial charge in [0.1, 0.15) is 23.4 Å². The average molecular weight is 647 g/mol. The van der Waals surface area contributed by atoms with Crippen LogP contribution in [-0.2, 0) is 19.1 Å². The Kier molecular flexibility index (Phi) is 12.2. The predicted molar refractivity (Wildman–Crippen MR) is 179 cm³/mol. The van der Waals surface area contributed by atoms with Crippen LogP contribution >= 0.6 is 0 Å². The Morgan fingerprint density at radius 1 is 1.00 bits per heavy atom. The molecule has 47 heavy (non-hydrogen) atoms. The van der Waals surface area contributed by atoms with Crippen molar-refractivity contribution in [2.24, 2.45) is 5.41 Å². The molecule has 252 valence electrons. The highest BCUT2D eigenvalue weighted by molar-refractivity contribution is 5.98. The van der Waals surface area contributed by atoms with E-state index in [4.69, 9.17) is 14.2 Å². The van der Waals surface area contributed by atoms with E-state index in [-0.39, 0.29) is 35.7 Å². The van der Waals surface area contributed by atoms with Crippen LogP contribution in [0.25, 0.3) is 6.08 Å². The minimum Gasteiger partial charge on any atom is -0.464 e. The number of unbranched alkanes of at least 4 members (excludes halogenated alkanes) is 1. The monoisotopic (exact) mass is 646 g/mol. The van der Waals surface area contributed by atoms with Crippen LogP contribution in [0.5, 0.6) is 11.5 Å². The number of carbonyl (C=O) groups is 3. The van der Waals surface area contributed by atoms with Crippen molar-refractivity contribution in [2.45, 2.75) is 89.6 Å². The van der Waals surface area contributed by atoms with Gasteiger partial charge < -0.3 is 24.4 Å². The number of rotatable bonds is 6. The number of allylic oxidation sites excluding steroid dienone is 3. The summed E-state index contributed by atoms with van der Waals surface area (Å²) in [5.74, 6) is -0.452. The lowest BCUT2D eigenvalue weighted by Crippen LogP contribution is -2.48. The fraction of sp³-hybridized carbons (Fsp3) is 0.500. The molecule has 1 aliphatic carbocycles. The fourth-order valence-electron chi connectivity index (χ4n) is 6.43. The first-order chi connectivity index (χ1) is 22.9. The minimum absolute atomic E-state index is 0.110. The molecule has 0 spiro atoms. The molecular formula is C38H47FN2O6. The van der Waals surface area contributed by atoms with Crippen LogP contribution in [0.1, 0.15) is 93.5 Å². The van der Waals surface area contributed by atoms with Gasteiger partial charge in [-0.2, -0.15) is 0 Å². The first kappa shape index (κ1) is 34.4. The number of piperidine rings is 1. The summed E-state index contributed by atoms with van der Waals surface area (Å²) in [4.78, 5) is 41.7. The van der Waals surface area contributed by atoms with Gasteiger partial charge in [0.25, 0.3) is 5.91 Å². The van der Waals surface area contributed by atoms with Gasteiger partial charge in [0.2, 0.25) is 5.91 Å². The van der Waals surface area contributed by atoms with Gasteiger partial charge in [-0.05, 0) is 100 Å². The van der Waals surface area contributed by atoms with Crippen molar-refractivity contribution in [2.75, 3.05) is 26.4 Å². The number of benzene rings is 2. The normalized spacial score (nSPS) is 25.5. The first-order valence-electron chi connectivity index (χ1n) is 17.1. The van der Waals surface area contributed by atoms with Gasteiger partial charge in [-0.15, -0.1) is 0 Å². The van der Waals surface area contributed by atoms with Crippen molar-refractivity contribution in [1.29, 1.82) is 0 Å². The second-order valence-corrected chi connectivity index (χ2v) is 12.8. The maximum absolute atomic E-state index is 13.6. The number of hydrogen-bond acceptors (Lipinski definition) is 6. The molecule has 3 aliphatic rings. The topological polar surface area (TPSA) is 94.2 Å². The maximum atomic E-state index is 13.6. The van der Waals surface area contributed by atoms with E-state index in [0.717, 1.165) is 64.2 Å². The molecule has 5 rings (SSSR count). The van der Waals surface area contributed by atoms with Crippen LogP contribution < -0.4 is 10.1 Å². The van der Waals surface area contributed by atoms with Crippen molar-refractivity contribution in [3.8, 4) is 11.5 Å². The number of ether oxygens (including phenoxy) is 3. The molecule has 1 N–H and O–H groups in total. The number of nitrogens with zero attached hydrogens (tertiary/aromatic N) is 1. The number of hydrogen-bond donors (Lipinski definition) is 1. The molecule has 1 saturated heterocycles. The van der Waals surface area contributed by atoms with Crippen molar-refractivity contribution >= 4 is 23.9 Å². The zero-order valence-electron chi connectivity index (χ0n) is 27.4. The Balaban J connectivity index is 1.33. The number of amides is 2. The summed E-state index contributed by atoms with van der Waals surface area (Å²) in [6.45, 7) is 3.25. The number of nitrogens with one attached hydrogen (secondary N) is 1. The molecule has 2 fully saturated rings. The lowest BCUT2D eigenvalue weighted by molar-refractivity contribution is -0.154. The quantitative estimate of drug-likeness (QED) is 0.200. The molecule has 0 radical (unpaired) electrons. The number of esters is 1. The lowest BCUT2D eigenvalue weighted by Gasteiger charge is -2.26. The van der Waals surface area contributed by atoms with E-state index in [1.165, 1.54) is 12.1 Å². The standard InChI is InChI=1S/C38H47FN2O6/c1-2-3-22-46-37(44)32-24-38-25-34(38)41(32)35(42)26-40-36(43)29-15-20-33(47-31-18-16-30(39)17-19-31)28(23-29)14-12-10-8-6-4-5-7-9-11-13-21-45-27-38/h7,9,12,14-20,23,32,34H,2-6,8,10-11,13,21-22,24-27H2,1H3,(H,40,43)/b9-7+,14-12-/t32-,34-,38+/m0/s1. The molecule has 2 heterocycles. The van der Waals surface area contributed by atoms with E-state index in [9.17, 15) is 18.8 Å². The largest absolute Gasteiger partial charge is 0.464 e. The number of carbonyl (C=O) groups excluding carboxylic acids is 3. The van der Waals surface area contributed by atoms with Gasteiger partial charge in [0, 0.05) is 29.2 Å². The van der Waals surface area contributed by atoms with Gasteiger partial charge in [0.15, 0.2) is 0 Å². The summed E-state index contributed by atoms with van der Waals surface area (Å²) >= 11 is 0. The summed E-state index contributed by atoms with van der Waals surface area (Å²) in [7, 11) is 0. The minimum atomic E-state index is -0.685. The van der Waals surface area contributed by atoms with Gasteiger partial charge in [-0.3, -0.25) is 9.59 Å². The Morgan fingerprint density at radius 3 is 2.55 bits per heavy atom. The molecule has 2 aliphatic heterocycles. The molecule has 2 aromatic carbocycles. The molecule has 3 atom stereocenters. The SMILES string of the molecule is CCCCOC(=O)[C@@H]1C[C@@]23COCCC/C=C/CCCCC/C=C\c4cc(ccc4Oc4ccc(F)cc4)C(=O)NCC(=O)N1[C@H]2C3. The number of halogens is 1. The average Bonchev–Trinajstić information content (AvgIpc) is 3.67. The third kappa shape index (κ3) is 9.31. The Morgan fingerprint density at radius 2 is 1.77 bits per heavy atom. The van der Waals surface area contributed by atoms with Crippen molar-refractivity contribution < 1.29 is 33.0 Å². The van der Waals surface area contributed by atoms with Gasteiger partial charge in [-0.25, -0.2) is 9.18 Å². The van der Waals surface area contributed by atoms with Crippen LogP contribution in [0.4, 0.5) is 4.39 Å². The van der Waals surface area contributed by atoms with Crippen LogP contribution in [0.2, 0.25) is 0 Å². The van der Waals surface area contributed by atoms with Crippen molar-refractivity contribution in [1.82, 2.24) is 10.2 Å². The van der Waals surface area contributed by atoms with Gasteiger partial charge in [0.05, 0.1) is 19.8 Å². The van der Waals surface area contributed by atoms with Crippen molar-refractivity contribution in [3.63, 3.8) is 0 Å². The third-order valence-electron chi connectivity index (χ3n) is 9.19. The highest BCUT2D eigenvalue weighted by atomic mass is 19.1. The summed E-state index contributed by atoms with van der Waals surface area (Å²) in [5.41, 5.74) is 0.818. The van der Waals surface area contributed by atoms with Crippen LogP contribution in [-0.4, -0.2) is 61.1 Å². The molecule has 1 saturated carbocycles. The summed E-state index contributed by atoms with van der Waals surface area (Å²) < 4.78 is 31.1. The molecule has 2 amide bonds. The van der Waals surface area contributed by atoms with Crippen LogP contribution in [0, 0.1) is 11.2 Å². The van der Waals surface area contributed by atoms with E-state index in [1.54, 1.807) is 35.2 Å². The fourth-order valence-corrected chi connectivity index (χ4v) is 6.43. The molecular weight excluding hydrogens is 599 g/mol. The van der Waals surface area contributed by atoms with E-state index in [0.29, 0.717) is 48.9 Å². The highest BCUT2D eigenvalue weighted by Crippen LogP contribution is 2.59. The zero-order valence-corrected chi connectivity index (χ0v) is 27.4. The Hall–Kier alpha value is -3.98. The number of fused-ring (bicyclic) bond motifs is 2. The molecule has 8 nitrogen and oxygen atoms in total. The predicted octanol–water partition coefficient (Wildman–Crippen LogP) is 7.38. The van der Waals surface area contributed by atoms with E-state index < -0.39 is 11.9 Å². The molecule has 2 aromatic rings. The summed E-state index contributed by atoms with van der Waals surface area (Å²) in [6, 6.07) is 10.1. The summed E-state index contributed by atoms with van der Waals surface area (Å²) in [5, 5.41) is 2.77. The van der Waals surface area contributed by atoms with Crippen LogP contribution in [0.15, 0.2) is 60.7 Å².